The van der Waals surface area contributed by atoms with E-state index in [4.69, 9.17) is 5.73 Å². The highest BCUT2D eigenvalue weighted by Gasteiger charge is 2.36. The zero-order valence-corrected chi connectivity index (χ0v) is 6.57. The number of hydrogen-bond donors (Lipinski definition) is 1. The molecule has 0 radical (unpaired) electrons. The topological polar surface area (TPSA) is 26.0 Å². The third-order valence-corrected chi connectivity index (χ3v) is 1.48. The molecule has 0 aliphatic carbocycles. The highest BCUT2D eigenvalue weighted by atomic mass is 19.4. The van der Waals surface area contributed by atoms with Gasteiger partial charge in [-0.2, -0.15) is 13.2 Å². The molecule has 0 rings (SSSR count). The molecule has 0 aromatic rings. The van der Waals surface area contributed by atoms with E-state index in [1.807, 2.05) is 0 Å². The molecule has 1 unspecified atom stereocenters. The summed E-state index contributed by atoms with van der Waals surface area (Å²) in [5, 5.41) is 0. The average Bonchev–Trinajstić information content (AvgIpc) is 1.82. The summed E-state index contributed by atoms with van der Waals surface area (Å²) in [6, 6.07) is -0.991. The van der Waals surface area contributed by atoms with Crippen molar-refractivity contribution in [2.45, 2.75) is 26.1 Å². The van der Waals surface area contributed by atoms with Crippen LogP contribution in [0.3, 0.4) is 0 Å². The van der Waals surface area contributed by atoms with Crippen LogP contribution in [0.4, 0.5) is 13.2 Å². The zero-order chi connectivity index (χ0) is 9.23. The Labute approximate surface area is 64.1 Å². The lowest BCUT2D eigenvalue weighted by atomic mass is 9.98. The van der Waals surface area contributed by atoms with Crippen molar-refractivity contribution in [3.8, 4) is 0 Å². The van der Waals surface area contributed by atoms with Gasteiger partial charge in [-0.05, 0) is 5.92 Å². The van der Waals surface area contributed by atoms with Crippen LogP contribution in [-0.2, 0) is 0 Å². The summed E-state index contributed by atoms with van der Waals surface area (Å²) in [5.74, 6) is -0.232. The predicted octanol–water partition coefficient (Wildman–Crippen LogP) is 2.09. The van der Waals surface area contributed by atoms with E-state index in [0.717, 1.165) is 0 Å². The molecule has 0 spiro atoms. The first kappa shape index (κ1) is 10.5. The molecule has 66 valence electrons. The van der Waals surface area contributed by atoms with Crippen LogP contribution >= 0.6 is 0 Å². The third-order valence-electron chi connectivity index (χ3n) is 1.48. The van der Waals surface area contributed by atoms with E-state index < -0.39 is 17.8 Å². The van der Waals surface area contributed by atoms with Crippen molar-refractivity contribution in [3.05, 3.63) is 12.2 Å². The molecule has 4 heteroatoms. The van der Waals surface area contributed by atoms with Crippen LogP contribution in [0.25, 0.3) is 0 Å². The number of rotatable bonds is 2. The van der Waals surface area contributed by atoms with Gasteiger partial charge in [-0.1, -0.05) is 20.4 Å². The van der Waals surface area contributed by atoms with Crippen molar-refractivity contribution in [1.82, 2.24) is 0 Å². The third kappa shape index (κ3) is 2.93. The average molecular weight is 167 g/mol. The van der Waals surface area contributed by atoms with E-state index >= 15 is 0 Å². The number of halogens is 3. The molecular formula is C7H12F3N. The highest BCUT2D eigenvalue weighted by molar-refractivity contribution is 5.11. The SMILES string of the molecule is C=C(C(N)C(C)C)C(F)(F)F. The Morgan fingerprint density at radius 2 is 1.73 bits per heavy atom. The lowest BCUT2D eigenvalue weighted by Gasteiger charge is -2.20. The number of hydrogen-bond acceptors (Lipinski definition) is 1. The summed E-state index contributed by atoms with van der Waals surface area (Å²) < 4.78 is 35.6. The summed E-state index contributed by atoms with van der Waals surface area (Å²) in [7, 11) is 0. The van der Waals surface area contributed by atoms with Gasteiger partial charge in [-0.25, -0.2) is 0 Å². The van der Waals surface area contributed by atoms with Gasteiger partial charge in [-0.3, -0.25) is 0 Å². The quantitative estimate of drug-likeness (QED) is 0.626. The van der Waals surface area contributed by atoms with E-state index in [2.05, 4.69) is 6.58 Å². The lowest BCUT2D eigenvalue weighted by Crippen LogP contribution is -2.34. The second kappa shape index (κ2) is 3.26. The second-order valence-electron chi connectivity index (χ2n) is 2.79. The Kier molecular flexibility index (Phi) is 3.11. The standard InChI is InChI=1S/C7H12F3N/c1-4(2)6(11)5(3)7(8,9)10/h4,6H,3,11H2,1-2H3. The van der Waals surface area contributed by atoms with Crippen LogP contribution in [0, 0.1) is 5.92 Å². The van der Waals surface area contributed by atoms with Crippen molar-refractivity contribution in [1.29, 1.82) is 0 Å². The van der Waals surface area contributed by atoms with E-state index in [1.165, 1.54) is 0 Å². The first-order chi connectivity index (χ1) is 4.76. The Balaban J connectivity index is 4.26. The number of nitrogens with two attached hydrogens (primary N) is 1. The molecule has 0 aliphatic rings. The van der Waals surface area contributed by atoms with Crippen LogP contribution < -0.4 is 5.73 Å². The van der Waals surface area contributed by atoms with E-state index in [-0.39, 0.29) is 5.92 Å². The van der Waals surface area contributed by atoms with Gasteiger partial charge in [0, 0.05) is 11.6 Å². The van der Waals surface area contributed by atoms with Gasteiger partial charge in [0.15, 0.2) is 0 Å². The lowest BCUT2D eigenvalue weighted by molar-refractivity contribution is -0.0963. The van der Waals surface area contributed by atoms with Gasteiger partial charge in [-0.15, -0.1) is 0 Å². The second-order valence-corrected chi connectivity index (χ2v) is 2.79. The van der Waals surface area contributed by atoms with Crippen LogP contribution in [0.5, 0.6) is 0 Å². The van der Waals surface area contributed by atoms with Crippen LogP contribution in [0.1, 0.15) is 13.8 Å². The minimum Gasteiger partial charge on any atom is -0.324 e. The monoisotopic (exact) mass is 167 g/mol. The van der Waals surface area contributed by atoms with Gasteiger partial charge >= 0.3 is 6.18 Å². The minimum atomic E-state index is -4.36. The van der Waals surface area contributed by atoms with E-state index in [9.17, 15) is 13.2 Å². The predicted molar refractivity (Wildman–Crippen MR) is 38.0 cm³/mol. The summed E-state index contributed by atoms with van der Waals surface area (Å²) in [6.07, 6.45) is -4.36. The largest absolute Gasteiger partial charge is 0.413 e. The molecule has 0 aromatic carbocycles. The summed E-state index contributed by atoms with van der Waals surface area (Å²) in [4.78, 5) is 0. The first-order valence-electron chi connectivity index (χ1n) is 3.28. The fraction of sp³-hybridized carbons (Fsp3) is 0.714. The van der Waals surface area contributed by atoms with Crippen LogP contribution in [0.2, 0.25) is 0 Å². The molecule has 11 heavy (non-hydrogen) atoms. The smallest absolute Gasteiger partial charge is 0.324 e. The van der Waals surface area contributed by atoms with E-state index in [0.29, 0.717) is 0 Å². The van der Waals surface area contributed by atoms with Crippen LogP contribution in [-0.4, -0.2) is 12.2 Å². The molecule has 0 heterocycles. The fourth-order valence-electron chi connectivity index (χ4n) is 0.591. The molecule has 1 atom stereocenters. The molecule has 2 N–H and O–H groups in total. The summed E-state index contributed by atoms with van der Waals surface area (Å²) >= 11 is 0. The molecule has 0 bridgehead atoms. The van der Waals surface area contributed by atoms with Crippen LogP contribution in [0.15, 0.2) is 12.2 Å². The number of alkyl halides is 3. The highest BCUT2D eigenvalue weighted by Crippen LogP contribution is 2.28. The van der Waals surface area contributed by atoms with Gasteiger partial charge in [0.2, 0.25) is 0 Å². The summed E-state index contributed by atoms with van der Waals surface area (Å²) in [5.41, 5.74) is 4.37. The molecule has 0 aliphatic heterocycles. The van der Waals surface area contributed by atoms with Gasteiger partial charge in [0.1, 0.15) is 0 Å². The molecule has 0 fully saturated rings. The van der Waals surface area contributed by atoms with Crippen molar-refractivity contribution < 1.29 is 13.2 Å². The van der Waals surface area contributed by atoms with E-state index in [1.54, 1.807) is 13.8 Å². The molecular weight excluding hydrogens is 155 g/mol. The maximum absolute atomic E-state index is 11.9. The molecule has 0 amide bonds. The first-order valence-corrected chi connectivity index (χ1v) is 3.28. The van der Waals surface area contributed by atoms with Crippen molar-refractivity contribution in [2.75, 3.05) is 0 Å². The Hall–Kier alpha value is -0.510. The van der Waals surface area contributed by atoms with Gasteiger partial charge in [0.25, 0.3) is 0 Å². The van der Waals surface area contributed by atoms with Crippen molar-refractivity contribution in [3.63, 3.8) is 0 Å². The maximum Gasteiger partial charge on any atom is 0.413 e. The van der Waals surface area contributed by atoms with Crippen molar-refractivity contribution in [2.24, 2.45) is 11.7 Å². The Bertz CT molecular complexity index is 148. The molecule has 0 saturated heterocycles. The fourth-order valence-corrected chi connectivity index (χ4v) is 0.591. The summed E-state index contributed by atoms with van der Waals surface area (Å²) in [6.45, 7) is 6.15. The molecule has 0 aromatic heterocycles. The minimum absolute atomic E-state index is 0.232. The zero-order valence-electron chi connectivity index (χ0n) is 6.57. The molecule has 1 nitrogen and oxygen atoms in total. The molecule has 0 saturated carbocycles. The Morgan fingerprint density at radius 3 is 1.82 bits per heavy atom. The van der Waals surface area contributed by atoms with Gasteiger partial charge < -0.3 is 5.73 Å². The normalized spacial score (nSPS) is 15.2. The maximum atomic E-state index is 11.9. The van der Waals surface area contributed by atoms with Gasteiger partial charge in [0.05, 0.1) is 0 Å². The Morgan fingerprint density at radius 1 is 1.36 bits per heavy atom. The van der Waals surface area contributed by atoms with Crippen molar-refractivity contribution >= 4 is 0 Å².